The van der Waals surface area contributed by atoms with Crippen molar-refractivity contribution in [3.63, 3.8) is 0 Å². The monoisotopic (exact) mass is 392 g/mol. The van der Waals surface area contributed by atoms with Gasteiger partial charge in [-0.15, -0.1) is 5.10 Å². The second kappa shape index (κ2) is 7.20. The molecule has 3 aromatic rings. The molecule has 0 aliphatic carbocycles. The molecule has 1 aliphatic rings. The Morgan fingerprint density at radius 1 is 1.14 bits per heavy atom. The maximum atomic E-state index is 13.4. The van der Waals surface area contributed by atoms with Crippen LogP contribution < -0.4 is 19.9 Å². The average Bonchev–Trinajstić information content (AvgIpc) is 3.16. The van der Waals surface area contributed by atoms with Gasteiger partial charge in [-0.3, -0.25) is 5.10 Å². The molecule has 0 amide bonds. The zero-order valence-corrected chi connectivity index (χ0v) is 15.7. The number of fused-ring (bicyclic) bond motifs is 1. The third kappa shape index (κ3) is 3.12. The van der Waals surface area contributed by atoms with Crippen LogP contribution in [0.15, 0.2) is 53.9 Å². The topological polar surface area (TPSA) is 106 Å². The van der Waals surface area contributed by atoms with Gasteiger partial charge in [-0.05, 0) is 42.0 Å². The van der Waals surface area contributed by atoms with Gasteiger partial charge in [0.25, 0.3) is 0 Å². The van der Waals surface area contributed by atoms with Crippen LogP contribution in [0.1, 0.15) is 17.0 Å². The molecule has 8 heteroatoms. The van der Waals surface area contributed by atoms with Crippen LogP contribution in [-0.4, -0.2) is 24.4 Å². The first-order valence-corrected chi connectivity index (χ1v) is 8.70. The quantitative estimate of drug-likeness (QED) is 0.704. The van der Waals surface area contributed by atoms with Gasteiger partial charge >= 0.3 is 0 Å². The molecule has 1 aliphatic heterocycles. The molecule has 0 bridgehead atoms. The second-order valence-corrected chi connectivity index (χ2v) is 6.40. The highest BCUT2D eigenvalue weighted by molar-refractivity contribution is 5.71. The van der Waals surface area contributed by atoms with Crippen LogP contribution in [0.4, 0.5) is 4.39 Å². The lowest BCUT2D eigenvalue weighted by Gasteiger charge is -2.24. The Morgan fingerprint density at radius 3 is 2.38 bits per heavy atom. The van der Waals surface area contributed by atoms with Gasteiger partial charge < -0.3 is 19.9 Å². The molecule has 4 rings (SSSR count). The lowest BCUT2D eigenvalue weighted by Crippen LogP contribution is -2.21. The minimum atomic E-state index is -0.577. The zero-order chi connectivity index (χ0) is 20.5. The number of allylic oxidation sites excluding steroid dienone is 1. The van der Waals surface area contributed by atoms with Gasteiger partial charge in [0.2, 0.25) is 11.8 Å². The van der Waals surface area contributed by atoms with Crippen molar-refractivity contribution in [2.45, 2.75) is 5.92 Å². The van der Waals surface area contributed by atoms with Gasteiger partial charge in [-0.2, -0.15) is 5.26 Å². The predicted molar refractivity (Wildman–Crippen MR) is 103 cm³/mol. The Balaban J connectivity index is 1.96. The largest absolute Gasteiger partial charge is 0.497 e. The molecule has 2 heterocycles. The van der Waals surface area contributed by atoms with Crippen molar-refractivity contribution in [1.82, 2.24) is 10.2 Å². The van der Waals surface area contributed by atoms with Crippen molar-refractivity contribution in [3.05, 3.63) is 70.9 Å². The molecule has 0 saturated carbocycles. The first kappa shape index (κ1) is 18.4. The van der Waals surface area contributed by atoms with E-state index in [1.807, 2.05) is 0 Å². The molecule has 146 valence electrons. The Labute approximate surface area is 166 Å². The molecule has 0 fully saturated rings. The summed E-state index contributed by atoms with van der Waals surface area (Å²) in [6, 6.07) is 13.4. The summed E-state index contributed by atoms with van der Waals surface area (Å²) in [7, 11) is 3.09. The SMILES string of the molecule is COc1cc(OC)cc(C2C(C#N)=C(N)Oc3n[nH]c(-c4ccc(F)cc4)c32)c1. The van der Waals surface area contributed by atoms with Crippen LogP contribution in [0.25, 0.3) is 11.3 Å². The van der Waals surface area contributed by atoms with Crippen LogP contribution >= 0.6 is 0 Å². The smallest absolute Gasteiger partial charge is 0.244 e. The highest BCUT2D eigenvalue weighted by Crippen LogP contribution is 2.46. The number of ether oxygens (including phenoxy) is 3. The predicted octanol–water partition coefficient (Wildman–Crippen LogP) is 3.45. The average molecular weight is 392 g/mol. The molecule has 7 nitrogen and oxygen atoms in total. The number of hydrogen-bond donors (Lipinski definition) is 2. The number of rotatable bonds is 4. The van der Waals surface area contributed by atoms with E-state index >= 15 is 0 Å². The standard InChI is InChI=1S/C21H17FN4O3/c1-27-14-7-12(8-15(9-14)28-2)17-16(10-23)20(24)29-21-18(17)19(25-26-21)11-3-5-13(22)6-4-11/h3-9,17H,24H2,1-2H3,(H,25,26). The highest BCUT2D eigenvalue weighted by Gasteiger charge is 2.36. The molecule has 2 aromatic carbocycles. The number of hydrogen-bond acceptors (Lipinski definition) is 6. The Kier molecular flexibility index (Phi) is 4.56. The van der Waals surface area contributed by atoms with Crippen molar-refractivity contribution >= 4 is 0 Å². The Bertz CT molecular complexity index is 1120. The van der Waals surface area contributed by atoms with Gasteiger partial charge in [0.1, 0.15) is 29.0 Å². The fraction of sp³-hybridized carbons (Fsp3) is 0.143. The summed E-state index contributed by atoms with van der Waals surface area (Å²) >= 11 is 0. The summed E-state index contributed by atoms with van der Waals surface area (Å²) in [5, 5.41) is 16.9. The number of H-pyrrole nitrogens is 1. The fourth-order valence-electron chi connectivity index (χ4n) is 3.41. The van der Waals surface area contributed by atoms with Crippen LogP contribution in [0.2, 0.25) is 0 Å². The number of benzene rings is 2. The molecule has 1 atom stereocenters. The van der Waals surface area contributed by atoms with E-state index in [4.69, 9.17) is 19.9 Å². The van der Waals surface area contributed by atoms with Crippen LogP contribution in [0.3, 0.4) is 0 Å². The third-order valence-corrected chi connectivity index (χ3v) is 4.78. The minimum absolute atomic E-state index is 0.0241. The number of nitrogens with two attached hydrogens (primary N) is 1. The molecular weight excluding hydrogens is 375 g/mol. The van der Waals surface area contributed by atoms with Crippen molar-refractivity contribution in [1.29, 1.82) is 5.26 Å². The first-order valence-electron chi connectivity index (χ1n) is 8.70. The molecule has 0 saturated heterocycles. The maximum Gasteiger partial charge on any atom is 0.244 e. The molecule has 0 spiro atoms. The highest BCUT2D eigenvalue weighted by atomic mass is 19.1. The number of halogens is 1. The lowest BCUT2D eigenvalue weighted by molar-refractivity contribution is 0.377. The number of aromatic nitrogens is 2. The third-order valence-electron chi connectivity index (χ3n) is 4.78. The summed E-state index contributed by atoms with van der Waals surface area (Å²) in [6.45, 7) is 0. The molecule has 0 radical (unpaired) electrons. The van der Waals surface area contributed by atoms with Gasteiger partial charge in [0.05, 0.1) is 31.4 Å². The van der Waals surface area contributed by atoms with Crippen molar-refractivity contribution in [2.75, 3.05) is 14.2 Å². The number of nitrogens with zero attached hydrogens (tertiary/aromatic N) is 2. The van der Waals surface area contributed by atoms with E-state index < -0.39 is 5.92 Å². The summed E-state index contributed by atoms with van der Waals surface area (Å²) < 4.78 is 29.7. The number of aromatic amines is 1. The van der Waals surface area contributed by atoms with E-state index in [2.05, 4.69) is 16.3 Å². The lowest BCUT2D eigenvalue weighted by atomic mass is 9.83. The van der Waals surface area contributed by atoms with Crippen molar-refractivity contribution < 1.29 is 18.6 Å². The normalized spacial score (nSPS) is 15.3. The Hall–Kier alpha value is -3.99. The van der Waals surface area contributed by atoms with E-state index in [0.29, 0.717) is 28.3 Å². The maximum absolute atomic E-state index is 13.4. The minimum Gasteiger partial charge on any atom is -0.497 e. The van der Waals surface area contributed by atoms with Gasteiger partial charge in [0, 0.05) is 11.6 Å². The number of nitrogens with one attached hydrogen (secondary N) is 1. The van der Waals surface area contributed by atoms with E-state index in [1.54, 1.807) is 44.6 Å². The first-order chi connectivity index (χ1) is 14.0. The van der Waals surface area contributed by atoms with Crippen LogP contribution in [0.5, 0.6) is 17.4 Å². The van der Waals surface area contributed by atoms with E-state index in [-0.39, 0.29) is 23.2 Å². The molecule has 1 unspecified atom stereocenters. The summed E-state index contributed by atoms with van der Waals surface area (Å²) in [5.74, 6) is 0.433. The molecular formula is C21H17FN4O3. The molecule has 3 N–H and O–H groups in total. The van der Waals surface area contributed by atoms with Gasteiger partial charge in [-0.1, -0.05) is 0 Å². The fourth-order valence-corrected chi connectivity index (χ4v) is 3.41. The second-order valence-electron chi connectivity index (χ2n) is 6.40. The van der Waals surface area contributed by atoms with Crippen molar-refractivity contribution in [3.8, 4) is 34.7 Å². The summed E-state index contributed by atoms with van der Waals surface area (Å²) in [5.41, 5.74) is 8.88. The van der Waals surface area contributed by atoms with Crippen molar-refractivity contribution in [2.24, 2.45) is 5.73 Å². The number of nitriles is 1. The van der Waals surface area contributed by atoms with Gasteiger partial charge in [0.15, 0.2) is 0 Å². The molecule has 29 heavy (non-hydrogen) atoms. The zero-order valence-electron chi connectivity index (χ0n) is 15.7. The summed E-state index contributed by atoms with van der Waals surface area (Å²) in [4.78, 5) is 0. The van der Waals surface area contributed by atoms with Crippen LogP contribution in [0, 0.1) is 17.1 Å². The van der Waals surface area contributed by atoms with E-state index in [9.17, 15) is 9.65 Å². The summed E-state index contributed by atoms with van der Waals surface area (Å²) in [6.07, 6.45) is 0. The number of methoxy groups -OCH3 is 2. The Morgan fingerprint density at radius 2 is 1.79 bits per heavy atom. The van der Waals surface area contributed by atoms with Gasteiger partial charge in [-0.25, -0.2) is 4.39 Å². The van der Waals surface area contributed by atoms with E-state index in [1.165, 1.54) is 12.1 Å². The van der Waals surface area contributed by atoms with E-state index in [0.717, 1.165) is 5.56 Å². The molecule has 1 aromatic heterocycles. The van der Waals surface area contributed by atoms with Crippen LogP contribution in [-0.2, 0) is 0 Å².